The van der Waals surface area contributed by atoms with Crippen LogP contribution in [-0.4, -0.2) is 19.1 Å². The van der Waals surface area contributed by atoms with Crippen molar-refractivity contribution >= 4 is 5.91 Å². The monoisotopic (exact) mass is 347 g/mol. The van der Waals surface area contributed by atoms with Gasteiger partial charge in [0, 0.05) is 12.0 Å². The summed E-state index contributed by atoms with van der Waals surface area (Å²) in [6.07, 6.45) is 1.83. The summed E-state index contributed by atoms with van der Waals surface area (Å²) in [4.78, 5) is 13.0. The molecule has 0 aliphatic rings. The van der Waals surface area contributed by atoms with Crippen LogP contribution in [0.5, 0.6) is 5.75 Å². The number of nitrogens with one attached hydrogen (secondary N) is 1. The van der Waals surface area contributed by atoms with Crippen LogP contribution in [-0.2, 0) is 11.2 Å². The van der Waals surface area contributed by atoms with Gasteiger partial charge in [0.15, 0.2) is 0 Å². The first-order valence-electron chi connectivity index (χ1n) is 9.47. The van der Waals surface area contributed by atoms with Crippen molar-refractivity contribution in [2.24, 2.45) is 23.2 Å². The number of carbonyl (C=O) groups excluding carboxylic acids is 1. The van der Waals surface area contributed by atoms with E-state index in [0.717, 1.165) is 18.6 Å². The van der Waals surface area contributed by atoms with E-state index in [1.807, 2.05) is 12.1 Å². The molecule has 1 amide bonds. The summed E-state index contributed by atoms with van der Waals surface area (Å²) in [5, 5.41) is 3.34. The minimum absolute atomic E-state index is 0.0121. The standard InChI is InChI=1S/C22H37NO2/c1-15(2)13-18(14-17-9-11-19(25-8)12-10-17)23-21(24)20(16(3)4)22(5,6)7/h9-12,15-16,18,20H,13-14H2,1-8H3,(H,23,24)/t18-,20-/m1/s1. The quantitative estimate of drug-likeness (QED) is 0.711. The molecule has 1 aromatic rings. The van der Waals surface area contributed by atoms with E-state index in [0.29, 0.717) is 11.8 Å². The first-order chi connectivity index (χ1) is 11.5. The first kappa shape index (κ1) is 21.5. The maximum Gasteiger partial charge on any atom is 0.224 e. The summed E-state index contributed by atoms with van der Waals surface area (Å²) in [7, 11) is 1.68. The fourth-order valence-corrected chi connectivity index (χ4v) is 3.80. The predicted molar refractivity (Wildman–Crippen MR) is 106 cm³/mol. The molecule has 0 fully saturated rings. The maximum atomic E-state index is 13.0. The molecule has 2 atom stereocenters. The molecule has 142 valence electrons. The minimum atomic E-state index is -0.0409. The molecule has 0 aliphatic heterocycles. The van der Waals surface area contributed by atoms with Crippen molar-refractivity contribution in [2.75, 3.05) is 7.11 Å². The number of hydrogen-bond donors (Lipinski definition) is 1. The van der Waals surface area contributed by atoms with Gasteiger partial charge in [0.25, 0.3) is 0 Å². The van der Waals surface area contributed by atoms with Gasteiger partial charge in [0.05, 0.1) is 7.11 Å². The summed E-state index contributed by atoms with van der Waals surface area (Å²) in [6.45, 7) is 15.1. The van der Waals surface area contributed by atoms with E-state index in [9.17, 15) is 4.79 Å². The molecule has 0 radical (unpaired) electrons. The lowest BCUT2D eigenvalue weighted by atomic mass is 9.73. The molecule has 0 aliphatic carbocycles. The van der Waals surface area contributed by atoms with Crippen LogP contribution in [0, 0.1) is 23.2 Å². The van der Waals surface area contributed by atoms with Crippen molar-refractivity contribution in [3.63, 3.8) is 0 Å². The van der Waals surface area contributed by atoms with Crippen LogP contribution in [0.2, 0.25) is 0 Å². The molecule has 0 saturated heterocycles. The second-order valence-electron chi connectivity index (χ2n) is 8.97. The highest BCUT2D eigenvalue weighted by molar-refractivity contribution is 5.80. The minimum Gasteiger partial charge on any atom is -0.497 e. The van der Waals surface area contributed by atoms with Crippen LogP contribution in [0.25, 0.3) is 0 Å². The topological polar surface area (TPSA) is 38.3 Å². The third kappa shape index (κ3) is 7.09. The summed E-state index contributed by atoms with van der Waals surface area (Å²) in [5.41, 5.74) is 1.18. The van der Waals surface area contributed by atoms with E-state index in [4.69, 9.17) is 4.74 Å². The van der Waals surface area contributed by atoms with Gasteiger partial charge in [0.1, 0.15) is 5.75 Å². The molecule has 0 unspecified atom stereocenters. The zero-order valence-corrected chi connectivity index (χ0v) is 17.3. The molecule has 25 heavy (non-hydrogen) atoms. The van der Waals surface area contributed by atoms with Gasteiger partial charge in [-0.2, -0.15) is 0 Å². The Bertz CT molecular complexity index is 526. The average Bonchev–Trinajstić information content (AvgIpc) is 2.45. The molecule has 3 heteroatoms. The number of carbonyl (C=O) groups is 1. The number of amides is 1. The SMILES string of the molecule is COc1ccc(C[C@@H](CC(C)C)NC(=O)[C@@H](C(C)C)C(C)(C)C)cc1. The summed E-state index contributed by atoms with van der Waals surface area (Å²) in [6, 6.07) is 8.29. The van der Waals surface area contributed by atoms with Gasteiger partial charge in [-0.1, -0.05) is 60.6 Å². The number of benzene rings is 1. The summed E-state index contributed by atoms with van der Waals surface area (Å²) < 4.78 is 5.23. The van der Waals surface area contributed by atoms with E-state index in [-0.39, 0.29) is 23.3 Å². The number of methoxy groups -OCH3 is 1. The van der Waals surface area contributed by atoms with Crippen LogP contribution in [0.1, 0.15) is 60.5 Å². The Morgan fingerprint density at radius 1 is 1.08 bits per heavy atom. The normalized spacial score (nSPS) is 14.5. The van der Waals surface area contributed by atoms with Crippen LogP contribution in [0.15, 0.2) is 24.3 Å². The van der Waals surface area contributed by atoms with Crippen molar-refractivity contribution in [2.45, 2.75) is 67.3 Å². The Balaban J connectivity index is 2.88. The number of rotatable bonds is 8. The molecular formula is C22H37NO2. The van der Waals surface area contributed by atoms with Gasteiger partial charge in [-0.3, -0.25) is 4.79 Å². The Morgan fingerprint density at radius 2 is 1.64 bits per heavy atom. The number of hydrogen-bond acceptors (Lipinski definition) is 2. The molecule has 0 saturated carbocycles. The van der Waals surface area contributed by atoms with Crippen LogP contribution in [0.4, 0.5) is 0 Å². The van der Waals surface area contributed by atoms with E-state index in [1.165, 1.54) is 5.56 Å². The van der Waals surface area contributed by atoms with Crippen LogP contribution in [0.3, 0.4) is 0 Å². The summed E-state index contributed by atoms with van der Waals surface area (Å²) in [5.74, 6) is 1.91. The zero-order chi connectivity index (χ0) is 19.2. The fourth-order valence-electron chi connectivity index (χ4n) is 3.80. The third-order valence-electron chi connectivity index (χ3n) is 4.63. The van der Waals surface area contributed by atoms with Crippen molar-refractivity contribution in [1.29, 1.82) is 0 Å². The van der Waals surface area contributed by atoms with Crippen molar-refractivity contribution in [1.82, 2.24) is 5.32 Å². The third-order valence-corrected chi connectivity index (χ3v) is 4.63. The largest absolute Gasteiger partial charge is 0.497 e. The molecule has 1 N–H and O–H groups in total. The lowest BCUT2D eigenvalue weighted by Gasteiger charge is -2.34. The Morgan fingerprint density at radius 3 is 2.04 bits per heavy atom. The Hall–Kier alpha value is -1.51. The Kier molecular flexibility index (Phi) is 7.98. The van der Waals surface area contributed by atoms with E-state index >= 15 is 0 Å². The van der Waals surface area contributed by atoms with Gasteiger partial charge < -0.3 is 10.1 Å². The van der Waals surface area contributed by atoms with Crippen molar-refractivity contribution < 1.29 is 9.53 Å². The van der Waals surface area contributed by atoms with Crippen LogP contribution >= 0.6 is 0 Å². The van der Waals surface area contributed by atoms with Crippen LogP contribution < -0.4 is 10.1 Å². The molecule has 3 nitrogen and oxygen atoms in total. The van der Waals surface area contributed by atoms with Gasteiger partial charge in [-0.25, -0.2) is 0 Å². The smallest absolute Gasteiger partial charge is 0.224 e. The maximum absolute atomic E-state index is 13.0. The summed E-state index contributed by atoms with van der Waals surface area (Å²) >= 11 is 0. The Labute approximate surface area is 154 Å². The molecule has 1 rings (SSSR count). The lowest BCUT2D eigenvalue weighted by molar-refractivity contribution is -0.131. The van der Waals surface area contributed by atoms with E-state index in [1.54, 1.807) is 7.11 Å². The van der Waals surface area contributed by atoms with Gasteiger partial charge in [0.2, 0.25) is 5.91 Å². The van der Waals surface area contributed by atoms with Crippen molar-refractivity contribution in [3.05, 3.63) is 29.8 Å². The highest BCUT2D eigenvalue weighted by Crippen LogP contribution is 2.32. The first-order valence-corrected chi connectivity index (χ1v) is 9.47. The van der Waals surface area contributed by atoms with Crippen molar-refractivity contribution in [3.8, 4) is 5.75 Å². The second kappa shape index (κ2) is 9.26. The average molecular weight is 348 g/mol. The highest BCUT2D eigenvalue weighted by atomic mass is 16.5. The fraction of sp³-hybridized carbons (Fsp3) is 0.682. The molecule has 0 heterocycles. The lowest BCUT2D eigenvalue weighted by Crippen LogP contribution is -2.46. The molecule has 1 aromatic carbocycles. The number of ether oxygens (including phenoxy) is 1. The zero-order valence-electron chi connectivity index (χ0n) is 17.3. The van der Waals surface area contributed by atoms with E-state index in [2.05, 4.69) is 65.9 Å². The predicted octanol–water partition coefficient (Wildman–Crippen LogP) is 5.09. The molecule has 0 spiro atoms. The molecular weight excluding hydrogens is 310 g/mol. The van der Waals surface area contributed by atoms with E-state index < -0.39 is 0 Å². The molecule has 0 bridgehead atoms. The second-order valence-corrected chi connectivity index (χ2v) is 8.97. The van der Waals surface area contributed by atoms with Gasteiger partial charge >= 0.3 is 0 Å². The van der Waals surface area contributed by atoms with Gasteiger partial charge in [-0.15, -0.1) is 0 Å². The highest BCUT2D eigenvalue weighted by Gasteiger charge is 2.34. The molecule has 0 aromatic heterocycles. The van der Waals surface area contributed by atoms with Gasteiger partial charge in [-0.05, 0) is 47.8 Å².